The lowest BCUT2D eigenvalue weighted by molar-refractivity contribution is -0.0210. The Hall–Kier alpha value is -1.07. The van der Waals surface area contributed by atoms with Crippen LogP contribution in [0.2, 0.25) is 0 Å². The molecule has 3 rings (SSSR count). The number of hydrogen-bond donors (Lipinski definition) is 8. The van der Waals surface area contributed by atoms with E-state index in [9.17, 15) is 33.6 Å². The van der Waals surface area contributed by atoms with E-state index in [1.54, 1.807) is 0 Å². The highest BCUT2D eigenvalue weighted by Crippen LogP contribution is 2.66. The van der Waals surface area contributed by atoms with Gasteiger partial charge in [0.25, 0.3) is 5.56 Å². The number of phosphoric acid groups is 3. The molecule has 1 aliphatic rings. The van der Waals surface area contributed by atoms with Gasteiger partial charge in [-0.2, -0.15) is 8.62 Å². The average Bonchev–Trinajstić information content (AvgIpc) is 3.12. The summed E-state index contributed by atoms with van der Waals surface area (Å²) in [5, 5.41) is 22.1. The Labute approximate surface area is 180 Å². The number of ether oxygens (including phenoxy) is 1. The highest BCUT2D eigenvalue weighted by atomic mass is 32.1. The number of nitrogens with one attached hydrogen (secondary N) is 1. The van der Waals surface area contributed by atoms with Crippen molar-refractivity contribution in [2.75, 3.05) is 12.3 Å². The quantitative estimate of drug-likeness (QED) is 0.188. The molecule has 2 unspecified atom stereocenters. The molecule has 6 atom stereocenters. The van der Waals surface area contributed by atoms with E-state index in [1.807, 2.05) is 0 Å². The number of H-pyrrole nitrogens is 1. The van der Waals surface area contributed by atoms with Crippen LogP contribution >= 0.6 is 34.8 Å². The van der Waals surface area contributed by atoms with E-state index in [2.05, 4.69) is 23.1 Å². The van der Waals surface area contributed by atoms with Crippen LogP contribution in [0.3, 0.4) is 0 Å². The third-order valence-electron chi connectivity index (χ3n) is 3.95. The van der Waals surface area contributed by atoms with Gasteiger partial charge in [-0.15, -0.1) is 11.3 Å². The van der Waals surface area contributed by atoms with Gasteiger partial charge in [0.05, 0.1) is 22.4 Å². The van der Waals surface area contributed by atoms with Crippen molar-refractivity contribution in [1.82, 2.24) is 9.97 Å². The maximum absolute atomic E-state index is 11.9. The number of aliphatic hydroxyl groups excluding tert-OH is 2. The van der Waals surface area contributed by atoms with Crippen molar-refractivity contribution >= 4 is 51.7 Å². The lowest BCUT2D eigenvalue weighted by Gasteiger charge is -2.19. The maximum Gasteiger partial charge on any atom is 0.490 e. The number of aromatic nitrogens is 2. The summed E-state index contributed by atoms with van der Waals surface area (Å²) < 4.78 is 50.8. The fourth-order valence-electron chi connectivity index (χ4n) is 2.75. The molecule has 0 saturated carbocycles. The summed E-state index contributed by atoms with van der Waals surface area (Å²) in [6.45, 7) is -0.974. The number of aromatic amines is 1. The minimum absolute atomic E-state index is 0.0982. The zero-order valence-electron chi connectivity index (χ0n) is 15.3. The molecule has 0 aromatic carbocycles. The molecule has 0 bridgehead atoms. The molecular weight excluding hydrogens is 523 g/mol. The number of aliphatic hydroxyl groups is 2. The molecule has 17 nitrogen and oxygen atoms in total. The number of anilines is 1. The van der Waals surface area contributed by atoms with Gasteiger partial charge in [-0.1, -0.05) is 0 Å². The lowest BCUT2D eigenvalue weighted by atomic mass is 10.1. The van der Waals surface area contributed by atoms with Crippen molar-refractivity contribution in [1.29, 1.82) is 0 Å². The first-order valence-electron chi connectivity index (χ1n) is 8.15. The molecule has 2 aromatic rings. The third-order valence-corrected chi connectivity index (χ3v) is 8.79. The number of nitrogens with zero attached hydrogens (tertiary/aromatic N) is 1. The molecule has 0 aliphatic carbocycles. The van der Waals surface area contributed by atoms with Crippen LogP contribution in [-0.2, 0) is 31.6 Å². The summed E-state index contributed by atoms with van der Waals surface area (Å²) in [5.74, 6) is -0.209. The minimum Gasteiger partial charge on any atom is -0.387 e. The van der Waals surface area contributed by atoms with Crippen LogP contribution in [-0.4, -0.2) is 64.7 Å². The summed E-state index contributed by atoms with van der Waals surface area (Å²) in [5.41, 5.74) is 5.06. The molecule has 0 spiro atoms. The van der Waals surface area contributed by atoms with E-state index in [1.165, 1.54) is 5.38 Å². The van der Waals surface area contributed by atoms with Crippen molar-refractivity contribution in [2.45, 2.75) is 24.4 Å². The fourth-order valence-corrected chi connectivity index (χ4v) is 6.84. The summed E-state index contributed by atoms with van der Waals surface area (Å²) in [6.07, 6.45) is -6.02. The Morgan fingerprint density at radius 3 is 2.41 bits per heavy atom. The highest BCUT2D eigenvalue weighted by molar-refractivity contribution is 7.66. The van der Waals surface area contributed by atoms with E-state index in [4.69, 9.17) is 25.2 Å². The zero-order valence-corrected chi connectivity index (χ0v) is 18.8. The van der Waals surface area contributed by atoms with Crippen LogP contribution < -0.4 is 11.3 Å². The molecule has 0 radical (unpaired) electrons. The molecule has 180 valence electrons. The van der Waals surface area contributed by atoms with Crippen LogP contribution in [0.4, 0.5) is 5.95 Å². The van der Waals surface area contributed by atoms with Crippen molar-refractivity contribution < 1.29 is 61.4 Å². The normalized spacial score (nSPS) is 27.9. The number of nitrogens with two attached hydrogens (primary N) is 1. The summed E-state index contributed by atoms with van der Waals surface area (Å²) in [7, 11) is -16.7. The summed E-state index contributed by atoms with van der Waals surface area (Å²) >= 11 is 0.963. The van der Waals surface area contributed by atoms with Gasteiger partial charge in [0.1, 0.15) is 24.4 Å². The third kappa shape index (κ3) is 5.88. The second-order valence-corrected chi connectivity index (χ2v) is 11.6. The average molecular weight is 539 g/mol. The zero-order chi connectivity index (χ0) is 24.1. The van der Waals surface area contributed by atoms with Gasteiger partial charge < -0.3 is 40.3 Å². The highest BCUT2D eigenvalue weighted by Gasteiger charge is 2.47. The van der Waals surface area contributed by atoms with Crippen molar-refractivity contribution in [3.63, 3.8) is 0 Å². The monoisotopic (exact) mass is 539 g/mol. The first-order valence-corrected chi connectivity index (χ1v) is 13.6. The maximum atomic E-state index is 11.9. The van der Waals surface area contributed by atoms with E-state index in [0.717, 1.165) is 11.3 Å². The van der Waals surface area contributed by atoms with Gasteiger partial charge in [-0.25, -0.2) is 18.7 Å². The topological polar surface area (TPSA) is 281 Å². The van der Waals surface area contributed by atoms with Crippen LogP contribution in [0.1, 0.15) is 11.0 Å². The van der Waals surface area contributed by atoms with E-state index in [0.29, 0.717) is 0 Å². The van der Waals surface area contributed by atoms with Gasteiger partial charge in [0.2, 0.25) is 5.95 Å². The first kappa shape index (κ1) is 25.6. The van der Waals surface area contributed by atoms with Crippen molar-refractivity contribution in [3.8, 4) is 0 Å². The molecule has 0 amide bonds. The second kappa shape index (κ2) is 8.94. The van der Waals surface area contributed by atoms with Crippen molar-refractivity contribution in [2.24, 2.45) is 0 Å². The summed E-state index contributed by atoms with van der Waals surface area (Å²) in [6, 6.07) is 0. The number of phosphoric ester groups is 1. The van der Waals surface area contributed by atoms with Gasteiger partial charge in [-0.05, 0) is 0 Å². The molecule has 2 aromatic heterocycles. The Morgan fingerprint density at radius 2 is 1.78 bits per heavy atom. The lowest BCUT2D eigenvalue weighted by Crippen LogP contribution is -2.33. The van der Waals surface area contributed by atoms with Gasteiger partial charge in [0.15, 0.2) is 0 Å². The largest absolute Gasteiger partial charge is 0.490 e. The standard InChI is InChI=1S/C11H16N3O14P3S/c12-11-13-5-3(10(17)14-11)2-32-9(5)8-7(16)6(15)4(26-8)1-25-30(21,22)28-31(23,24)27-29(18,19)20/h2,4,6-8,15-16H,1H2,(H,21,22)(H,23,24)(H2,18,19,20)(H3,12,13,14,17)/t4-,6-,7-,8-/m1/s1. The summed E-state index contributed by atoms with van der Waals surface area (Å²) in [4.78, 5) is 54.0. The number of fused-ring (bicyclic) bond motifs is 1. The van der Waals surface area contributed by atoms with Crippen LogP contribution in [0.15, 0.2) is 10.2 Å². The molecule has 3 heterocycles. The second-order valence-electron chi connectivity index (χ2n) is 6.28. The smallest absolute Gasteiger partial charge is 0.387 e. The van der Waals surface area contributed by atoms with Gasteiger partial charge in [0, 0.05) is 5.38 Å². The van der Waals surface area contributed by atoms with E-state index >= 15 is 0 Å². The molecular formula is C11H16N3O14P3S. The van der Waals surface area contributed by atoms with Crippen LogP contribution in [0.25, 0.3) is 10.9 Å². The number of thiophene rings is 1. The predicted molar refractivity (Wildman–Crippen MR) is 104 cm³/mol. The van der Waals surface area contributed by atoms with Gasteiger partial charge in [-0.3, -0.25) is 14.3 Å². The Bertz CT molecular complexity index is 1210. The Balaban J connectivity index is 1.72. The van der Waals surface area contributed by atoms with Crippen LogP contribution in [0, 0.1) is 0 Å². The van der Waals surface area contributed by atoms with E-state index in [-0.39, 0.29) is 21.7 Å². The SMILES string of the molecule is Nc1nc2c([C@@H]3O[C@H](COP(=O)(O)OP(=O)(O)OP(=O)(O)O)[C@@H](O)[C@H]3O)scc2c(=O)[nH]1. The Morgan fingerprint density at radius 1 is 1.12 bits per heavy atom. The Kier molecular flexibility index (Phi) is 7.14. The van der Waals surface area contributed by atoms with E-state index < -0.39 is 60.1 Å². The van der Waals surface area contributed by atoms with Crippen molar-refractivity contribution in [3.05, 3.63) is 20.6 Å². The molecule has 1 aliphatic heterocycles. The van der Waals surface area contributed by atoms with Gasteiger partial charge >= 0.3 is 23.5 Å². The first-order chi connectivity index (χ1) is 14.6. The molecule has 1 fully saturated rings. The predicted octanol–water partition coefficient (Wildman–Crippen LogP) is -0.928. The molecule has 32 heavy (non-hydrogen) atoms. The fraction of sp³-hybridized carbons (Fsp3) is 0.455. The molecule has 21 heteroatoms. The molecule has 9 N–H and O–H groups in total. The number of rotatable bonds is 8. The number of nitrogen functional groups attached to an aromatic ring is 1. The van der Waals surface area contributed by atoms with Crippen LogP contribution in [0.5, 0.6) is 0 Å². The number of hydrogen-bond acceptors (Lipinski definition) is 13. The molecule has 1 saturated heterocycles. The minimum atomic E-state index is -5.72.